The Kier molecular flexibility index (Phi) is 4.29. The third-order valence-corrected chi connectivity index (χ3v) is 3.14. The van der Waals surface area contributed by atoms with Crippen molar-refractivity contribution in [3.8, 4) is 0 Å². The Balaban J connectivity index is 2.09. The van der Waals surface area contributed by atoms with Crippen LogP contribution in [0.3, 0.4) is 0 Å². The normalized spacial score (nSPS) is 18.2. The maximum atomic E-state index is 12.6. The minimum absolute atomic E-state index is 0.00465. The van der Waals surface area contributed by atoms with E-state index in [0.717, 1.165) is 12.1 Å². The molecule has 0 bridgehead atoms. The fourth-order valence-corrected chi connectivity index (χ4v) is 2.03. The highest BCUT2D eigenvalue weighted by Crippen LogP contribution is 2.30. The van der Waals surface area contributed by atoms with E-state index < -0.39 is 17.8 Å². The predicted octanol–water partition coefficient (Wildman–Crippen LogP) is 1.56. The van der Waals surface area contributed by atoms with E-state index in [9.17, 15) is 18.0 Å². The molecule has 1 unspecified atom stereocenters. The number of hydrogen-bond acceptors (Lipinski definition) is 3. The van der Waals surface area contributed by atoms with Crippen LogP contribution in [0.1, 0.15) is 17.2 Å². The lowest BCUT2D eigenvalue weighted by Gasteiger charge is -2.29. The molecule has 2 N–H and O–H groups in total. The van der Waals surface area contributed by atoms with Gasteiger partial charge in [0.1, 0.15) is 6.61 Å². The van der Waals surface area contributed by atoms with Gasteiger partial charge in [-0.25, -0.2) is 0 Å². The molecule has 0 spiro atoms. The molecule has 1 aliphatic heterocycles. The number of alkyl halides is 3. The lowest BCUT2D eigenvalue weighted by atomic mass is 10.0. The second-order valence-electron chi connectivity index (χ2n) is 4.62. The van der Waals surface area contributed by atoms with Crippen molar-refractivity contribution in [2.75, 3.05) is 26.3 Å². The average Bonchev–Trinajstić information content (AvgIpc) is 2.40. The molecular formula is C13H15F3N2O2. The van der Waals surface area contributed by atoms with E-state index in [1.54, 1.807) is 0 Å². The van der Waals surface area contributed by atoms with Crippen LogP contribution in [0.5, 0.6) is 0 Å². The van der Waals surface area contributed by atoms with Gasteiger partial charge in [-0.15, -0.1) is 0 Å². The summed E-state index contributed by atoms with van der Waals surface area (Å²) in [6, 6.07) is 4.22. The fraction of sp³-hybridized carbons (Fsp3) is 0.462. The van der Waals surface area contributed by atoms with E-state index >= 15 is 0 Å². The molecule has 4 nitrogen and oxygen atoms in total. The van der Waals surface area contributed by atoms with Crippen LogP contribution in [0, 0.1) is 0 Å². The van der Waals surface area contributed by atoms with Gasteiger partial charge in [-0.1, -0.05) is 12.1 Å². The van der Waals surface area contributed by atoms with Gasteiger partial charge in [0, 0.05) is 19.1 Å². The standard InChI is InChI=1S/C13H15F3N2O2/c14-13(15,16)10-3-1-2-9(6-10)11(17)7-18-4-5-20-8-12(18)19/h1-3,6,11H,4-5,7-8,17H2. The summed E-state index contributed by atoms with van der Waals surface area (Å²) in [5.41, 5.74) is 5.52. The van der Waals surface area contributed by atoms with Gasteiger partial charge < -0.3 is 15.4 Å². The minimum Gasteiger partial charge on any atom is -0.370 e. The van der Waals surface area contributed by atoms with E-state index in [4.69, 9.17) is 10.5 Å². The molecule has 1 heterocycles. The smallest absolute Gasteiger partial charge is 0.370 e. The molecule has 110 valence electrons. The van der Waals surface area contributed by atoms with Gasteiger partial charge in [-0.05, 0) is 17.7 Å². The zero-order chi connectivity index (χ0) is 14.8. The van der Waals surface area contributed by atoms with Crippen molar-refractivity contribution in [1.82, 2.24) is 4.90 Å². The molecule has 0 radical (unpaired) electrons. The molecule has 0 saturated carbocycles. The minimum atomic E-state index is -4.40. The number of morpholine rings is 1. The van der Waals surface area contributed by atoms with Crippen molar-refractivity contribution < 1.29 is 22.7 Å². The second kappa shape index (κ2) is 5.80. The summed E-state index contributed by atoms with van der Waals surface area (Å²) in [6.45, 7) is 1.01. The number of nitrogens with two attached hydrogens (primary N) is 1. The van der Waals surface area contributed by atoms with Crippen LogP contribution in [-0.4, -0.2) is 37.1 Å². The van der Waals surface area contributed by atoms with Crippen LogP contribution in [0.15, 0.2) is 24.3 Å². The number of nitrogens with zero attached hydrogens (tertiary/aromatic N) is 1. The number of hydrogen-bond donors (Lipinski definition) is 1. The number of carbonyl (C=O) groups is 1. The summed E-state index contributed by atoms with van der Waals surface area (Å²) in [5.74, 6) is -0.196. The maximum Gasteiger partial charge on any atom is 0.416 e. The van der Waals surface area contributed by atoms with E-state index in [2.05, 4.69) is 0 Å². The van der Waals surface area contributed by atoms with Gasteiger partial charge in [0.05, 0.1) is 12.2 Å². The molecule has 0 aromatic heterocycles. The van der Waals surface area contributed by atoms with Gasteiger partial charge in [0.25, 0.3) is 0 Å². The molecule has 1 amide bonds. The van der Waals surface area contributed by atoms with Gasteiger partial charge in [0.2, 0.25) is 5.91 Å². The van der Waals surface area contributed by atoms with Gasteiger partial charge in [-0.3, -0.25) is 4.79 Å². The first kappa shape index (κ1) is 14.8. The third-order valence-electron chi connectivity index (χ3n) is 3.14. The predicted molar refractivity (Wildman–Crippen MR) is 65.8 cm³/mol. The Morgan fingerprint density at radius 3 is 2.80 bits per heavy atom. The SMILES string of the molecule is NC(CN1CCOCC1=O)c1cccc(C(F)(F)F)c1. The van der Waals surface area contributed by atoms with Crippen LogP contribution in [0.25, 0.3) is 0 Å². The van der Waals surface area contributed by atoms with Crippen molar-refractivity contribution in [3.05, 3.63) is 35.4 Å². The first-order valence-electron chi connectivity index (χ1n) is 6.16. The summed E-state index contributed by atoms with van der Waals surface area (Å²) < 4.78 is 42.9. The molecule has 1 atom stereocenters. The van der Waals surface area contributed by atoms with Crippen LogP contribution in [0.4, 0.5) is 13.2 Å². The van der Waals surface area contributed by atoms with Crippen molar-refractivity contribution in [2.45, 2.75) is 12.2 Å². The Bertz CT molecular complexity index is 491. The van der Waals surface area contributed by atoms with E-state index in [1.807, 2.05) is 0 Å². The monoisotopic (exact) mass is 288 g/mol. The highest BCUT2D eigenvalue weighted by atomic mass is 19.4. The zero-order valence-electron chi connectivity index (χ0n) is 10.7. The van der Waals surface area contributed by atoms with E-state index in [1.165, 1.54) is 17.0 Å². The lowest BCUT2D eigenvalue weighted by molar-refractivity contribution is -0.143. The number of halogens is 3. The van der Waals surface area contributed by atoms with Gasteiger partial charge in [0.15, 0.2) is 0 Å². The van der Waals surface area contributed by atoms with Gasteiger partial charge >= 0.3 is 6.18 Å². The van der Waals surface area contributed by atoms with E-state index in [-0.39, 0.29) is 19.1 Å². The first-order chi connectivity index (χ1) is 9.38. The number of carbonyl (C=O) groups excluding carboxylic acids is 1. The molecular weight excluding hydrogens is 273 g/mol. The van der Waals surface area contributed by atoms with Gasteiger partial charge in [-0.2, -0.15) is 13.2 Å². The molecule has 1 saturated heterocycles. The first-order valence-corrected chi connectivity index (χ1v) is 6.16. The van der Waals surface area contributed by atoms with Crippen LogP contribution in [0.2, 0.25) is 0 Å². The molecule has 20 heavy (non-hydrogen) atoms. The maximum absolute atomic E-state index is 12.6. The Morgan fingerprint density at radius 1 is 1.40 bits per heavy atom. The summed E-state index contributed by atoms with van der Waals surface area (Å²) in [7, 11) is 0. The van der Waals surface area contributed by atoms with Crippen LogP contribution in [-0.2, 0) is 15.7 Å². The van der Waals surface area contributed by atoms with Crippen molar-refractivity contribution in [3.63, 3.8) is 0 Å². The summed E-state index contributed by atoms with van der Waals surface area (Å²) in [5, 5.41) is 0. The summed E-state index contributed by atoms with van der Waals surface area (Å²) in [4.78, 5) is 13.1. The molecule has 1 aromatic carbocycles. The highest BCUT2D eigenvalue weighted by Gasteiger charge is 2.31. The third kappa shape index (κ3) is 3.49. The quantitative estimate of drug-likeness (QED) is 0.918. The van der Waals surface area contributed by atoms with E-state index in [0.29, 0.717) is 18.7 Å². The molecule has 7 heteroatoms. The Morgan fingerprint density at radius 2 is 2.15 bits per heavy atom. The van der Waals surface area contributed by atoms with Crippen molar-refractivity contribution in [1.29, 1.82) is 0 Å². The zero-order valence-corrected chi connectivity index (χ0v) is 10.7. The number of ether oxygens (including phenoxy) is 1. The fourth-order valence-electron chi connectivity index (χ4n) is 2.03. The topological polar surface area (TPSA) is 55.6 Å². The number of benzene rings is 1. The number of amides is 1. The molecule has 1 fully saturated rings. The van der Waals surface area contributed by atoms with Crippen LogP contribution < -0.4 is 5.73 Å². The lowest BCUT2D eigenvalue weighted by Crippen LogP contribution is -2.44. The van der Waals surface area contributed by atoms with Crippen molar-refractivity contribution in [2.24, 2.45) is 5.73 Å². The summed E-state index contributed by atoms with van der Waals surface area (Å²) >= 11 is 0. The molecule has 0 aliphatic carbocycles. The largest absolute Gasteiger partial charge is 0.416 e. The second-order valence-corrected chi connectivity index (χ2v) is 4.62. The average molecular weight is 288 g/mol. The summed E-state index contributed by atoms with van der Waals surface area (Å²) in [6.07, 6.45) is -4.40. The van der Waals surface area contributed by atoms with Crippen molar-refractivity contribution >= 4 is 5.91 Å². The highest BCUT2D eigenvalue weighted by molar-refractivity contribution is 5.78. The Hall–Kier alpha value is -1.60. The molecule has 1 aromatic rings. The molecule has 1 aliphatic rings. The van der Waals surface area contributed by atoms with Crippen LogP contribution >= 0.6 is 0 Å². The Labute approximate surface area is 114 Å². The number of rotatable bonds is 3. The molecule has 2 rings (SSSR count).